The molecule has 0 aliphatic heterocycles. The lowest BCUT2D eigenvalue weighted by molar-refractivity contribution is 0.103. The summed E-state index contributed by atoms with van der Waals surface area (Å²) in [5.74, 6) is 0.166. The van der Waals surface area contributed by atoms with Crippen LogP contribution >= 0.6 is 0 Å². The van der Waals surface area contributed by atoms with E-state index in [2.05, 4.69) is 4.98 Å². The molecule has 7 nitrogen and oxygen atoms in total. The van der Waals surface area contributed by atoms with Crippen LogP contribution in [-0.2, 0) is 10.0 Å². The summed E-state index contributed by atoms with van der Waals surface area (Å²) in [5, 5.41) is 0. The Labute approximate surface area is 173 Å². The molecule has 0 N–H and O–H groups in total. The van der Waals surface area contributed by atoms with Gasteiger partial charge in [0.05, 0.1) is 35.7 Å². The van der Waals surface area contributed by atoms with Crippen LogP contribution in [0.4, 0.5) is 0 Å². The zero-order valence-corrected chi connectivity index (χ0v) is 17.1. The summed E-state index contributed by atoms with van der Waals surface area (Å²) >= 11 is 0. The normalized spacial score (nSPS) is 11.4. The topological polar surface area (TPSA) is 87.5 Å². The number of benzene rings is 2. The molecule has 4 aromatic rings. The molecule has 30 heavy (non-hydrogen) atoms. The van der Waals surface area contributed by atoms with E-state index in [-0.39, 0.29) is 21.7 Å². The lowest BCUT2D eigenvalue weighted by Crippen LogP contribution is -2.19. The molecule has 0 fully saturated rings. The summed E-state index contributed by atoms with van der Waals surface area (Å²) in [7, 11) is -1.15. The minimum absolute atomic E-state index is 0.0425. The molecule has 0 spiro atoms. The Morgan fingerprint density at radius 3 is 2.30 bits per heavy atom. The molecule has 0 radical (unpaired) electrons. The van der Waals surface area contributed by atoms with Crippen LogP contribution in [0.3, 0.4) is 0 Å². The Kier molecular flexibility index (Phi) is 5.01. The SMILES string of the molecule is COc1ccc2c(cc(C(=O)c3ccccc3OC)n2S(=O)(=O)c2ccccc2)n1. The van der Waals surface area contributed by atoms with Crippen molar-refractivity contribution in [1.29, 1.82) is 0 Å². The molecule has 4 rings (SSSR count). The van der Waals surface area contributed by atoms with Gasteiger partial charge < -0.3 is 9.47 Å². The number of para-hydroxylation sites is 1. The van der Waals surface area contributed by atoms with Gasteiger partial charge in [0.2, 0.25) is 11.7 Å². The number of nitrogens with zero attached hydrogens (tertiary/aromatic N) is 2. The Morgan fingerprint density at radius 1 is 0.900 bits per heavy atom. The van der Waals surface area contributed by atoms with E-state index in [9.17, 15) is 13.2 Å². The number of aromatic nitrogens is 2. The van der Waals surface area contributed by atoms with Gasteiger partial charge in [-0.25, -0.2) is 17.4 Å². The number of ketones is 1. The number of carbonyl (C=O) groups excluding carboxylic acids is 1. The minimum atomic E-state index is -4.07. The first-order valence-electron chi connectivity index (χ1n) is 9.02. The van der Waals surface area contributed by atoms with Gasteiger partial charge in [0, 0.05) is 6.07 Å². The van der Waals surface area contributed by atoms with E-state index in [4.69, 9.17) is 9.47 Å². The van der Waals surface area contributed by atoms with Crippen molar-refractivity contribution in [2.75, 3.05) is 14.2 Å². The lowest BCUT2D eigenvalue weighted by atomic mass is 10.1. The van der Waals surface area contributed by atoms with Crippen LogP contribution in [0, 0.1) is 0 Å². The number of ether oxygens (including phenoxy) is 2. The predicted molar refractivity (Wildman–Crippen MR) is 112 cm³/mol. The van der Waals surface area contributed by atoms with Crippen LogP contribution in [0.5, 0.6) is 11.6 Å². The second-order valence-corrected chi connectivity index (χ2v) is 8.19. The molecule has 152 valence electrons. The maximum atomic E-state index is 13.5. The summed E-state index contributed by atoms with van der Waals surface area (Å²) in [5.41, 5.74) is 0.809. The van der Waals surface area contributed by atoms with Crippen LogP contribution in [0.2, 0.25) is 0 Å². The van der Waals surface area contributed by atoms with Crippen molar-refractivity contribution in [2.24, 2.45) is 0 Å². The molecule has 2 aromatic carbocycles. The summed E-state index contributed by atoms with van der Waals surface area (Å²) < 4.78 is 38.5. The Bertz CT molecular complexity index is 1340. The molecular weight excluding hydrogens is 404 g/mol. The van der Waals surface area contributed by atoms with Gasteiger partial charge in [0.1, 0.15) is 11.4 Å². The van der Waals surface area contributed by atoms with E-state index in [1.54, 1.807) is 54.6 Å². The van der Waals surface area contributed by atoms with Crippen LogP contribution in [0.15, 0.2) is 77.7 Å². The molecule has 0 amide bonds. The molecule has 8 heteroatoms. The minimum Gasteiger partial charge on any atom is -0.496 e. The van der Waals surface area contributed by atoms with E-state index in [1.165, 1.54) is 32.4 Å². The zero-order valence-electron chi connectivity index (χ0n) is 16.3. The quantitative estimate of drug-likeness (QED) is 0.442. The average molecular weight is 422 g/mol. The molecule has 0 bridgehead atoms. The standard InChI is InChI=1S/C22H18N2O5S/c1-28-20-11-7-6-10-16(20)22(25)19-14-17-18(12-13-21(23-17)29-2)24(19)30(26,27)15-8-4-3-5-9-15/h3-14H,1-2H3. The summed E-state index contributed by atoms with van der Waals surface area (Å²) in [6.07, 6.45) is 0. The van der Waals surface area contributed by atoms with Crippen molar-refractivity contribution in [2.45, 2.75) is 4.90 Å². The fourth-order valence-electron chi connectivity index (χ4n) is 3.24. The Balaban J connectivity index is 2.02. The average Bonchev–Trinajstić information content (AvgIpc) is 3.18. The van der Waals surface area contributed by atoms with Crippen LogP contribution in [-0.4, -0.2) is 37.4 Å². The molecule has 0 aliphatic rings. The van der Waals surface area contributed by atoms with E-state index in [1.807, 2.05) is 0 Å². The van der Waals surface area contributed by atoms with Crippen LogP contribution in [0.25, 0.3) is 11.0 Å². The highest BCUT2D eigenvalue weighted by Crippen LogP contribution is 2.30. The highest BCUT2D eigenvalue weighted by atomic mass is 32.2. The van der Waals surface area contributed by atoms with E-state index < -0.39 is 15.8 Å². The fourth-order valence-corrected chi connectivity index (χ4v) is 4.76. The van der Waals surface area contributed by atoms with E-state index >= 15 is 0 Å². The number of hydrogen-bond donors (Lipinski definition) is 0. The van der Waals surface area contributed by atoms with Gasteiger partial charge >= 0.3 is 0 Å². The first-order valence-corrected chi connectivity index (χ1v) is 10.5. The number of rotatable bonds is 6. The Morgan fingerprint density at radius 2 is 1.60 bits per heavy atom. The van der Waals surface area contributed by atoms with Gasteiger partial charge in [-0.2, -0.15) is 0 Å². The third kappa shape index (κ3) is 3.21. The van der Waals surface area contributed by atoms with Crippen LogP contribution < -0.4 is 9.47 Å². The smallest absolute Gasteiger partial charge is 0.268 e. The molecule has 2 aromatic heterocycles. The second kappa shape index (κ2) is 7.64. The number of methoxy groups -OCH3 is 2. The third-order valence-corrected chi connectivity index (χ3v) is 6.40. The molecular formula is C22H18N2O5S. The van der Waals surface area contributed by atoms with Crippen LogP contribution in [0.1, 0.15) is 16.1 Å². The summed E-state index contributed by atoms with van der Waals surface area (Å²) in [4.78, 5) is 17.8. The number of fused-ring (bicyclic) bond motifs is 1. The van der Waals surface area contributed by atoms with Crippen molar-refractivity contribution >= 4 is 26.8 Å². The Hall–Kier alpha value is -3.65. The van der Waals surface area contributed by atoms with E-state index in [0.29, 0.717) is 17.1 Å². The zero-order chi connectivity index (χ0) is 21.3. The fraction of sp³-hybridized carbons (Fsp3) is 0.0909. The van der Waals surface area contributed by atoms with E-state index in [0.717, 1.165) is 3.97 Å². The van der Waals surface area contributed by atoms with Gasteiger partial charge in [-0.05, 0) is 36.4 Å². The molecule has 0 unspecified atom stereocenters. The van der Waals surface area contributed by atoms with Crippen molar-refractivity contribution in [3.8, 4) is 11.6 Å². The van der Waals surface area contributed by atoms with Gasteiger partial charge in [-0.3, -0.25) is 4.79 Å². The number of hydrogen-bond acceptors (Lipinski definition) is 6. The predicted octanol–water partition coefficient (Wildman–Crippen LogP) is 3.52. The van der Waals surface area contributed by atoms with Gasteiger partial charge in [-0.1, -0.05) is 30.3 Å². The van der Waals surface area contributed by atoms with Gasteiger partial charge in [0.25, 0.3) is 10.0 Å². The first-order chi connectivity index (χ1) is 14.5. The van der Waals surface area contributed by atoms with Crippen molar-refractivity contribution < 1.29 is 22.7 Å². The van der Waals surface area contributed by atoms with Gasteiger partial charge in [-0.15, -0.1) is 0 Å². The monoisotopic (exact) mass is 422 g/mol. The van der Waals surface area contributed by atoms with Gasteiger partial charge in [0.15, 0.2) is 0 Å². The highest BCUT2D eigenvalue weighted by Gasteiger charge is 2.28. The summed E-state index contributed by atoms with van der Waals surface area (Å²) in [6.45, 7) is 0. The molecule has 0 atom stereocenters. The van der Waals surface area contributed by atoms with Crippen molar-refractivity contribution in [1.82, 2.24) is 8.96 Å². The molecule has 2 heterocycles. The second-order valence-electron chi connectivity index (χ2n) is 6.40. The molecule has 0 aliphatic carbocycles. The molecule has 0 saturated heterocycles. The number of carbonyl (C=O) groups is 1. The largest absolute Gasteiger partial charge is 0.496 e. The number of pyridine rings is 1. The highest BCUT2D eigenvalue weighted by molar-refractivity contribution is 7.90. The maximum absolute atomic E-state index is 13.5. The third-order valence-electron chi connectivity index (χ3n) is 4.66. The summed E-state index contributed by atoms with van der Waals surface area (Å²) in [6, 6.07) is 19.2. The van der Waals surface area contributed by atoms with Crippen molar-refractivity contribution in [3.05, 3.63) is 84.1 Å². The van der Waals surface area contributed by atoms with Crippen molar-refractivity contribution in [3.63, 3.8) is 0 Å². The maximum Gasteiger partial charge on any atom is 0.268 e. The lowest BCUT2D eigenvalue weighted by Gasteiger charge is -2.12. The first kappa shape index (κ1) is 19.7. The molecule has 0 saturated carbocycles.